The third kappa shape index (κ3) is 3.85. The number of carbonyl (C=O) groups is 2. The smallest absolute Gasteiger partial charge is 0.276 e. The molecule has 2 aromatic carbocycles. The van der Waals surface area contributed by atoms with Gasteiger partial charge in [0.15, 0.2) is 17.5 Å². The summed E-state index contributed by atoms with van der Waals surface area (Å²) in [6.45, 7) is 0. The number of rotatable bonds is 4. The van der Waals surface area contributed by atoms with Crippen molar-refractivity contribution < 1.29 is 22.8 Å². The summed E-state index contributed by atoms with van der Waals surface area (Å²) in [6, 6.07) is 14.6. The lowest BCUT2D eigenvalue weighted by Gasteiger charge is -2.17. The quantitative estimate of drug-likeness (QED) is 0.690. The number of hydrogen-bond donors (Lipinski definition) is 1. The molecule has 1 N–H and O–H groups in total. The molecule has 0 fully saturated rings. The summed E-state index contributed by atoms with van der Waals surface area (Å²) in [5.74, 6) is -5.92. The van der Waals surface area contributed by atoms with E-state index in [1.807, 2.05) is 6.07 Å². The van der Waals surface area contributed by atoms with Crippen LogP contribution in [0.15, 0.2) is 60.7 Å². The highest BCUT2D eigenvalue weighted by molar-refractivity contribution is 6.07. The molecule has 8 heteroatoms. The Labute approximate surface area is 158 Å². The van der Waals surface area contributed by atoms with E-state index in [2.05, 4.69) is 10.3 Å². The van der Waals surface area contributed by atoms with E-state index in [-0.39, 0.29) is 11.4 Å². The molecular formula is C20H14F3N3O2. The van der Waals surface area contributed by atoms with Crippen molar-refractivity contribution in [2.45, 2.75) is 0 Å². The molecule has 142 valence electrons. The Balaban J connectivity index is 1.82. The van der Waals surface area contributed by atoms with Crippen molar-refractivity contribution in [3.05, 3.63) is 89.5 Å². The molecule has 0 saturated carbocycles. The Morgan fingerprint density at radius 1 is 0.857 bits per heavy atom. The number of hydrogen-bond acceptors (Lipinski definition) is 3. The third-order valence-electron chi connectivity index (χ3n) is 3.93. The second-order valence-corrected chi connectivity index (χ2v) is 5.78. The van der Waals surface area contributed by atoms with E-state index in [1.165, 1.54) is 23.1 Å². The van der Waals surface area contributed by atoms with Crippen molar-refractivity contribution in [1.82, 2.24) is 4.98 Å². The maximum atomic E-state index is 13.7. The number of halogens is 3. The van der Waals surface area contributed by atoms with E-state index >= 15 is 0 Å². The van der Waals surface area contributed by atoms with Gasteiger partial charge in [-0.3, -0.25) is 9.59 Å². The van der Waals surface area contributed by atoms with Gasteiger partial charge in [-0.1, -0.05) is 24.3 Å². The second-order valence-electron chi connectivity index (χ2n) is 5.78. The molecule has 0 bridgehead atoms. The molecule has 2 amide bonds. The molecule has 0 atom stereocenters. The number of nitrogens with one attached hydrogen (secondary N) is 1. The van der Waals surface area contributed by atoms with E-state index in [0.29, 0.717) is 11.8 Å². The van der Waals surface area contributed by atoms with E-state index in [0.717, 1.165) is 6.07 Å². The summed E-state index contributed by atoms with van der Waals surface area (Å²) in [6.07, 6.45) is 0. The van der Waals surface area contributed by atoms with Gasteiger partial charge in [0.2, 0.25) is 0 Å². The molecule has 0 aliphatic carbocycles. The molecule has 0 spiro atoms. The number of carbonyl (C=O) groups excluding carboxylic acids is 2. The first kappa shape index (κ1) is 19.1. The van der Waals surface area contributed by atoms with Gasteiger partial charge in [0.1, 0.15) is 11.4 Å². The number of amides is 2. The van der Waals surface area contributed by atoms with Crippen LogP contribution in [0.2, 0.25) is 0 Å². The molecule has 0 aliphatic heterocycles. The van der Waals surface area contributed by atoms with Gasteiger partial charge >= 0.3 is 0 Å². The standard InChI is InChI=1S/C20H14F3N3O2/c1-26(12-6-3-2-4-7-12)20(28)16-9-5-8-15(24-16)19(27)25-14-11-10-13(21)17(22)18(14)23/h2-11H,1H3,(H,25,27). The minimum Gasteiger partial charge on any atom is -0.318 e. The number of anilines is 2. The van der Waals surface area contributed by atoms with Crippen molar-refractivity contribution in [3.63, 3.8) is 0 Å². The topological polar surface area (TPSA) is 62.3 Å². The van der Waals surface area contributed by atoms with Gasteiger partial charge in [0, 0.05) is 12.7 Å². The largest absolute Gasteiger partial charge is 0.318 e. The summed E-state index contributed by atoms with van der Waals surface area (Å²) in [5, 5.41) is 2.11. The number of benzene rings is 2. The summed E-state index contributed by atoms with van der Waals surface area (Å²) in [4.78, 5) is 30.2. The minimum absolute atomic E-state index is 0.00948. The molecule has 0 radical (unpaired) electrons. The van der Waals surface area contributed by atoms with Crippen LogP contribution < -0.4 is 10.2 Å². The second kappa shape index (κ2) is 7.91. The number of nitrogens with zero attached hydrogens (tertiary/aromatic N) is 2. The fraction of sp³-hybridized carbons (Fsp3) is 0.0500. The highest BCUT2D eigenvalue weighted by Gasteiger charge is 2.19. The molecule has 1 aromatic heterocycles. The lowest BCUT2D eigenvalue weighted by molar-refractivity contribution is 0.0987. The van der Waals surface area contributed by atoms with Crippen LogP contribution in [0.3, 0.4) is 0 Å². The van der Waals surface area contributed by atoms with Gasteiger partial charge in [0.05, 0.1) is 5.69 Å². The maximum Gasteiger partial charge on any atom is 0.276 e. The SMILES string of the molecule is CN(C(=O)c1cccc(C(=O)Nc2ccc(F)c(F)c2F)n1)c1ccccc1. The van der Waals surface area contributed by atoms with Crippen LogP contribution in [-0.4, -0.2) is 23.8 Å². The van der Waals surface area contributed by atoms with Gasteiger partial charge in [-0.05, 0) is 36.4 Å². The monoisotopic (exact) mass is 385 g/mol. The molecule has 3 rings (SSSR count). The van der Waals surface area contributed by atoms with Crippen molar-refractivity contribution in [3.8, 4) is 0 Å². The molecule has 5 nitrogen and oxygen atoms in total. The zero-order valence-electron chi connectivity index (χ0n) is 14.6. The van der Waals surface area contributed by atoms with Gasteiger partial charge in [0.25, 0.3) is 11.8 Å². The van der Waals surface area contributed by atoms with Gasteiger partial charge in [-0.25, -0.2) is 18.2 Å². The maximum absolute atomic E-state index is 13.7. The van der Waals surface area contributed by atoms with Gasteiger partial charge in [-0.15, -0.1) is 0 Å². The average molecular weight is 385 g/mol. The van der Waals surface area contributed by atoms with Crippen LogP contribution >= 0.6 is 0 Å². The lowest BCUT2D eigenvalue weighted by Crippen LogP contribution is -2.28. The highest BCUT2D eigenvalue weighted by atomic mass is 19.2. The highest BCUT2D eigenvalue weighted by Crippen LogP contribution is 2.20. The fourth-order valence-corrected chi connectivity index (χ4v) is 2.43. The van der Waals surface area contributed by atoms with Crippen LogP contribution in [-0.2, 0) is 0 Å². The molecule has 0 unspecified atom stereocenters. The zero-order valence-corrected chi connectivity index (χ0v) is 14.6. The zero-order chi connectivity index (χ0) is 20.3. The summed E-state index contributed by atoms with van der Waals surface area (Å²) < 4.78 is 40.0. The first-order valence-electron chi connectivity index (χ1n) is 8.13. The van der Waals surface area contributed by atoms with Crippen LogP contribution in [0.4, 0.5) is 24.5 Å². The molecule has 3 aromatic rings. The van der Waals surface area contributed by atoms with Crippen molar-refractivity contribution >= 4 is 23.2 Å². The van der Waals surface area contributed by atoms with E-state index in [9.17, 15) is 22.8 Å². The number of para-hydroxylation sites is 1. The van der Waals surface area contributed by atoms with E-state index in [1.54, 1.807) is 31.3 Å². The minimum atomic E-state index is -1.70. The third-order valence-corrected chi connectivity index (χ3v) is 3.93. The lowest BCUT2D eigenvalue weighted by atomic mass is 10.2. The summed E-state index contributed by atoms with van der Waals surface area (Å²) in [5.41, 5.74) is -0.0990. The molecular weight excluding hydrogens is 371 g/mol. The summed E-state index contributed by atoms with van der Waals surface area (Å²) in [7, 11) is 1.56. The molecule has 0 aliphatic rings. The van der Waals surface area contributed by atoms with Crippen molar-refractivity contribution in [1.29, 1.82) is 0 Å². The summed E-state index contributed by atoms with van der Waals surface area (Å²) >= 11 is 0. The van der Waals surface area contributed by atoms with Crippen LogP contribution in [0, 0.1) is 17.5 Å². The Morgan fingerprint density at radius 3 is 2.25 bits per heavy atom. The predicted molar refractivity (Wildman–Crippen MR) is 97.7 cm³/mol. The number of aromatic nitrogens is 1. The Morgan fingerprint density at radius 2 is 1.54 bits per heavy atom. The molecule has 28 heavy (non-hydrogen) atoms. The molecule has 1 heterocycles. The van der Waals surface area contributed by atoms with Crippen molar-refractivity contribution in [2.75, 3.05) is 17.3 Å². The fourth-order valence-electron chi connectivity index (χ4n) is 2.43. The number of pyridine rings is 1. The Kier molecular flexibility index (Phi) is 5.39. The van der Waals surface area contributed by atoms with Crippen LogP contribution in [0.5, 0.6) is 0 Å². The first-order chi connectivity index (χ1) is 13.4. The Hall–Kier alpha value is -3.68. The van der Waals surface area contributed by atoms with Crippen LogP contribution in [0.25, 0.3) is 0 Å². The first-order valence-corrected chi connectivity index (χ1v) is 8.13. The normalized spacial score (nSPS) is 10.4. The Bertz CT molecular complexity index is 1040. The van der Waals surface area contributed by atoms with E-state index < -0.39 is 35.0 Å². The molecule has 0 saturated heterocycles. The van der Waals surface area contributed by atoms with E-state index in [4.69, 9.17) is 0 Å². The predicted octanol–water partition coefficient (Wildman–Crippen LogP) is 4.03. The van der Waals surface area contributed by atoms with Gasteiger partial charge in [-0.2, -0.15) is 0 Å². The van der Waals surface area contributed by atoms with Gasteiger partial charge < -0.3 is 10.2 Å². The average Bonchev–Trinajstić information content (AvgIpc) is 2.73. The van der Waals surface area contributed by atoms with Crippen LogP contribution in [0.1, 0.15) is 21.0 Å². The van der Waals surface area contributed by atoms with Crippen molar-refractivity contribution in [2.24, 2.45) is 0 Å².